The Bertz CT molecular complexity index is 1010. The summed E-state index contributed by atoms with van der Waals surface area (Å²) in [6.45, 7) is 11.3. The smallest absolute Gasteiger partial charge is 0.256 e. The molecule has 0 unspecified atom stereocenters. The van der Waals surface area contributed by atoms with Gasteiger partial charge in [-0.1, -0.05) is 6.07 Å². The minimum Gasteiger partial charge on any atom is -0.346 e. The molecule has 1 saturated heterocycles. The van der Waals surface area contributed by atoms with Gasteiger partial charge in [-0.2, -0.15) is 0 Å². The molecule has 142 valence electrons. The Morgan fingerprint density at radius 2 is 2.00 bits per heavy atom. The number of hydrogen-bond donors (Lipinski definition) is 1. The summed E-state index contributed by atoms with van der Waals surface area (Å²) in [4.78, 5) is 23.6. The van der Waals surface area contributed by atoms with Crippen LogP contribution in [0.15, 0.2) is 24.3 Å². The van der Waals surface area contributed by atoms with Crippen molar-refractivity contribution in [2.75, 3.05) is 6.54 Å². The van der Waals surface area contributed by atoms with E-state index in [1.807, 2.05) is 17.0 Å². The fourth-order valence-corrected chi connectivity index (χ4v) is 4.54. The molecule has 1 N–H and O–H groups in total. The fourth-order valence-electron chi connectivity index (χ4n) is 4.54. The molecule has 0 spiro atoms. The van der Waals surface area contributed by atoms with Gasteiger partial charge in [0.15, 0.2) is 0 Å². The molecular formula is C22H28N4O. The van der Waals surface area contributed by atoms with E-state index in [2.05, 4.69) is 56.3 Å². The van der Waals surface area contributed by atoms with Gasteiger partial charge in [0.25, 0.3) is 5.91 Å². The van der Waals surface area contributed by atoms with Crippen molar-refractivity contribution in [3.05, 3.63) is 52.6 Å². The summed E-state index contributed by atoms with van der Waals surface area (Å²) < 4.78 is 2.24. The van der Waals surface area contributed by atoms with Crippen molar-refractivity contribution in [2.24, 2.45) is 0 Å². The van der Waals surface area contributed by atoms with Gasteiger partial charge < -0.3 is 14.5 Å². The summed E-state index contributed by atoms with van der Waals surface area (Å²) >= 11 is 0. The highest BCUT2D eigenvalue weighted by Gasteiger charge is 2.34. The zero-order chi connectivity index (χ0) is 19.3. The van der Waals surface area contributed by atoms with Gasteiger partial charge >= 0.3 is 0 Å². The van der Waals surface area contributed by atoms with Crippen molar-refractivity contribution in [3.8, 4) is 0 Å². The highest BCUT2D eigenvalue weighted by atomic mass is 16.2. The molecule has 1 aliphatic heterocycles. The molecule has 1 aromatic carbocycles. The Balaban J connectivity index is 1.68. The zero-order valence-electron chi connectivity index (χ0n) is 16.8. The molecule has 2 aromatic heterocycles. The van der Waals surface area contributed by atoms with E-state index in [0.29, 0.717) is 6.04 Å². The number of aryl methyl sites for hydroxylation is 2. The number of imidazole rings is 1. The number of nitrogens with zero attached hydrogens (tertiary/aromatic N) is 3. The molecule has 1 amide bonds. The number of aromatic amines is 1. The number of carbonyl (C=O) groups excluding carboxylic acids is 1. The normalized spacial score (nSPS) is 17.4. The third-order valence-corrected chi connectivity index (χ3v) is 5.72. The van der Waals surface area contributed by atoms with Crippen LogP contribution < -0.4 is 0 Å². The van der Waals surface area contributed by atoms with Crippen molar-refractivity contribution >= 4 is 16.9 Å². The maximum atomic E-state index is 13.4. The molecule has 27 heavy (non-hydrogen) atoms. The molecule has 5 nitrogen and oxygen atoms in total. The minimum atomic E-state index is 0.0207. The van der Waals surface area contributed by atoms with E-state index >= 15 is 0 Å². The molecule has 1 aliphatic rings. The van der Waals surface area contributed by atoms with Gasteiger partial charge in [0, 0.05) is 24.0 Å². The number of H-pyrrole nitrogens is 1. The van der Waals surface area contributed by atoms with Crippen LogP contribution in [0.5, 0.6) is 0 Å². The molecule has 4 rings (SSSR count). The maximum absolute atomic E-state index is 13.4. The Morgan fingerprint density at radius 1 is 1.22 bits per heavy atom. The Hall–Kier alpha value is -2.56. The minimum absolute atomic E-state index is 0.0207. The van der Waals surface area contributed by atoms with Crippen LogP contribution in [0.2, 0.25) is 0 Å². The summed E-state index contributed by atoms with van der Waals surface area (Å²) in [5.41, 5.74) is 6.23. The largest absolute Gasteiger partial charge is 0.346 e. The third-order valence-electron chi connectivity index (χ3n) is 5.72. The van der Waals surface area contributed by atoms with Crippen LogP contribution >= 0.6 is 0 Å². The second-order valence-electron chi connectivity index (χ2n) is 8.05. The highest BCUT2D eigenvalue weighted by Crippen LogP contribution is 2.34. The SMILES string of the molecule is Cc1ccc2nc([C@@H]3CCCN3C(=O)c3cc(C)n(C(C)C)c3C)[nH]c2c1. The monoisotopic (exact) mass is 364 g/mol. The fraction of sp³-hybridized carbons (Fsp3) is 0.455. The van der Waals surface area contributed by atoms with Crippen LogP contribution in [0.4, 0.5) is 0 Å². The molecular weight excluding hydrogens is 336 g/mol. The summed E-state index contributed by atoms with van der Waals surface area (Å²) in [5.74, 6) is 1.02. The number of hydrogen-bond acceptors (Lipinski definition) is 2. The van der Waals surface area contributed by atoms with Crippen LogP contribution in [-0.2, 0) is 0 Å². The molecule has 3 heterocycles. The lowest BCUT2D eigenvalue weighted by atomic mass is 10.1. The molecule has 0 bridgehead atoms. The summed E-state index contributed by atoms with van der Waals surface area (Å²) in [5, 5.41) is 0. The zero-order valence-corrected chi connectivity index (χ0v) is 16.8. The van der Waals surface area contributed by atoms with Crippen molar-refractivity contribution < 1.29 is 4.79 Å². The van der Waals surface area contributed by atoms with Crippen LogP contribution in [-0.4, -0.2) is 31.9 Å². The van der Waals surface area contributed by atoms with Crippen LogP contribution in [0.25, 0.3) is 11.0 Å². The summed E-state index contributed by atoms with van der Waals surface area (Å²) in [6.07, 6.45) is 1.96. The number of aromatic nitrogens is 3. The van der Waals surface area contributed by atoms with Crippen LogP contribution in [0.1, 0.15) is 71.9 Å². The number of amides is 1. The first-order valence-electron chi connectivity index (χ1n) is 9.82. The van der Waals surface area contributed by atoms with Crippen LogP contribution in [0.3, 0.4) is 0 Å². The van der Waals surface area contributed by atoms with Crippen molar-refractivity contribution in [1.82, 2.24) is 19.4 Å². The second kappa shape index (κ2) is 6.55. The van der Waals surface area contributed by atoms with E-state index in [0.717, 1.165) is 53.2 Å². The molecule has 3 aromatic rings. The maximum Gasteiger partial charge on any atom is 0.256 e. The molecule has 1 fully saturated rings. The van der Waals surface area contributed by atoms with Crippen molar-refractivity contribution in [1.29, 1.82) is 0 Å². The standard InChI is InChI=1S/C22H28N4O/c1-13(2)26-15(4)12-17(16(26)5)22(27)25-10-6-7-20(25)21-23-18-9-8-14(3)11-19(18)24-21/h8-9,11-13,20H,6-7,10H2,1-5H3,(H,23,24)/t20-/m0/s1. The molecule has 0 radical (unpaired) electrons. The molecule has 0 aliphatic carbocycles. The number of fused-ring (bicyclic) bond motifs is 1. The summed E-state index contributed by atoms with van der Waals surface area (Å²) in [7, 11) is 0. The highest BCUT2D eigenvalue weighted by molar-refractivity contribution is 5.96. The van der Waals surface area contributed by atoms with Gasteiger partial charge in [-0.3, -0.25) is 4.79 Å². The predicted molar refractivity (Wildman–Crippen MR) is 108 cm³/mol. The Labute approximate surface area is 160 Å². The molecule has 1 atom stereocenters. The summed E-state index contributed by atoms with van der Waals surface area (Å²) in [6, 6.07) is 8.64. The number of likely N-dealkylation sites (tertiary alicyclic amines) is 1. The van der Waals surface area contributed by atoms with Gasteiger partial charge in [-0.15, -0.1) is 0 Å². The first-order valence-corrected chi connectivity index (χ1v) is 9.82. The van der Waals surface area contributed by atoms with Gasteiger partial charge in [0.1, 0.15) is 5.82 Å². The van der Waals surface area contributed by atoms with E-state index in [9.17, 15) is 4.79 Å². The Kier molecular flexibility index (Phi) is 4.33. The lowest BCUT2D eigenvalue weighted by Crippen LogP contribution is -2.31. The van der Waals surface area contributed by atoms with E-state index < -0.39 is 0 Å². The number of carbonyl (C=O) groups is 1. The van der Waals surface area contributed by atoms with Crippen molar-refractivity contribution in [2.45, 2.75) is 59.5 Å². The topological polar surface area (TPSA) is 53.9 Å². The van der Waals surface area contributed by atoms with E-state index in [-0.39, 0.29) is 11.9 Å². The first-order chi connectivity index (χ1) is 12.9. The van der Waals surface area contributed by atoms with Crippen molar-refractivity contribution in [3.63, 3.8) is 0 Å². The van der Waals surface area contributed by atoms with E-state index in [1.165, 1.54) is 5.56 Å². The van der Waals surface area contributed by atoms with Gasteiger partial charge in [0.05, 0.1) is 22.6 Å². The number of benzene rings is 1. The average molecular weight is 364 g/mol. The molecule has 0 saturated carbocycles. The van der Waals surface area contributed by atoms with E-state index in [1.54, 1.807) is 0 Å². The quantitative estimate of drug-likeness (QED) is 0.722. The lowest BCUT2D eigenvalue weighted by Gasteiger charge is -2.23. The lowest BCUT2D eigenvalue weighted by molar-refractivity contribution is 0.0729. The van der Waals surface area contributed by atoms with Gasteiger partial charge in [-0.25, -0.2) is 4.98 Å². The first kappa shape index (κ1) is 17.8. The van der Waals surface area contributed by atoms with E-state index in [4.69, 9.17) is 4.98 Å². The van der Waals surface area contributed by atoms with Gasteiger partial charge in [-0.05, 0) is 71.2 Å². The number of nitrogens with one attached hydrogen (secondary N) is 1. The number of rotatable bonds is 3. The Morgan fingerprint density at radius 3 is 2.70 bits per heavy atom. The predicted octanol–water partition coefficient (Wildman–Crippen LogP) is 4.85. The molecule has 5 heteroatoms. The third kappa shape index (κ3) is 2.95. The van der Waals surface area contributed by atoms with Gasteiger partial charge in [0.2, 0.25) is 0 Å². The van der Waals surface area contributed by atoms with Crippen LogP contribution in [0, 0.1) is 20.8 Å². The average Bonchev–Trinajstić information content (AvgIpc) is 3.30. The second-order valence-corrected chi connectivity index (χ2v) is 8.05.